The molecule has 3 rings (SSSR count). The van der Waals surface area contributed by atoms with Gasteiger partial charge in [0.15, 0.2) is 5.69 Å². The number of likely N-dealkylation sites (tertiary alicyclic amines) is 1. The standard InChI is InChI=1S/C23H24FN3O5/c1-14(13-32-3)25-19-7-6-18(26-20(19)21(28)29)16-12-15(4-5-17(16)24)8-9-23(31)10-11-27(2)22(23)30/h4-7,12,14,25,31H,10-11,13H2,1-3H3,(H,28,29)/t14?,23-/m0/s1. The third-order valence-electron chi connectivity index (χ3n) is 5.08. The number of hydrogen-bond donors (Lipinski definition) is 3. The van der Waals surface area contributed by atoms with Crippen LogP contribution in [-0.2, 0) is 9.53 Å². The largest absolute Gasteiger partial charge is 0.476 e. The summed E-state index contributed by atoms with van der Waals surface area (Å²) in [6.45, 7) is 2.58. The lowest BCUT2D eigenvalue weighted by atomic mass is 10.0. The highest BCUT2D eigenvalue weighted by Crippen LogP contribution is 2.26. The molecule has 1 amide bonds. The van der Waals surface area contributed by atoms with Gasteiger partial charge in [-0.25, -0.2) is 14.2 Å². The number of nitrogens with zero attached hydrogens (tertiary/aromatic N) is 2. The van der Waals surface area contributed by atoms with Crippen molar-refractivity contribution in [3.05, 3.63) is 47.4 Å². The Labute approximate surface area is 185 Å². The van der Waals surface area contributed by atoms with Crippen molar-refractivity contribution in [2.45, 2.75) is 25.0 Å². The van der Waals surface area contributed by atoms with Crippen LogP contribution in [0.3, 0.4) is 0 Å². The fourth-order valence-electron chi connectivity index (χ4n) is 3.39. The lowest BCUT2D eigenvalue weighted by Gasteiger charge is -2.16. The molecule has 32 heavy (non-hydrogen) atoms. The topological polar surface area (TPSA) is 112 Å². The molecular weight excluding hydrogens is 417 g/mol. The van der Waals surface area contributed by atoms with Gasteiger partial charge in [0.2, 0.25) is 5.60 Å². The van der Waals surface area contributed by atoms with Crippen molar-refractivity contribution in [3.63, 3.8) is 0 Å². The van der Waals surface area contributed by atoms with Crippen molar-refractivity contribution < 1.29 is 28.9 Å². The zero-order valence-electron chi connectivity index (χ0n) is 18.0. The highest BCUT2D eigenvalue weighted by molar-refractivity contribution is 5.93. The van der Waals surface area contributed by atoms with E-state index in [1.165, 1.54) is 42.3 Å². The van der Waals surface area contributed by atoms with Gasteiger partial charge in [-0.3, -0.25) is 4.79 Å². The van der Waals surface area contributed by atoms with E-state index in [1.807, 2.05) is 6.92 Å². The minimum atomic E-state index is -1.77. The molecular formula is C23H24FN3O5. The summed E-state index contributed by atoms with van der Waals surface area (Å²) in [4.78, 5) is 29.3. The minimum Gasteiger partial charge on any atom is -0.476 e. The lowest BCUT2D eigenvalue weighted by Crippen LogP contribution is -2.37. The summed E-state index contributed by atoms with van der Waals surface area (Å²) in [6.07, 6.45) is 0.183. The normalized spacial score (nSPS) is 18.8. The number of anilines is 1. The first kappa shape index (κ1) is 23.2. The number of methoxy groups -OCH3 is 1. The molecule has 9 heteroatoms. The molecule has 2 heterocycles. The zero-order chi connectivity index (χ0) is 23.5. The van der Waals surface area contributed by atoms with Crippen molar-refractivity contribution in [2.75, 3.05) is 32.6 Å². The van der Waals surface area contributed by atoms with Gasteiger partial charge in [0, 0.05) is 44.3 Å². The molecule has 1 aliphatic rings. The van der Waals surface area contributed by atoms with Crippen LogP contribution in [0.2, 0.25) is 0 Å². The van der Waals surface area contributed by atoms with E-state index < -0.39 is 23.3 Å². The Morgan fingerprint density at radius 3 is 2.78 bits per heavy atom. The van der Waals surface area contributed by atoms with Crippen LogP contribution in [0.4, 0.5) is 10.1 Å². The van der Waals surface area contributed by atoms with E-state index in [-0.39, 0.29) is 35.1 Å². The van der Waals surface area contributed by atoms with Crippen LogP contribution in [0.5, 0.6) is 0 Å². The average molecular weight is 441 g/mol. The number of pyridine rings is 1. The molecule has 0 aliphatic carbocycles. The quantitative estimate of drug-likeness (QED) is 0.588. The number of nitrogens with one attached hydrogen (secondary N) is 1. The van der Waals surface area contributed by atoms with Gasteiger partial charge >= 0.3 is 5.97 Å². The second kappa shape index (κ2) is 9.34. The van der Waals surface area contributed by atoms with Gasteiger partial charge in [-0.2, -0.15) is 0 Å². The number of carbonyl (C=O) groups excluding carboxylic acids is 1. The Morgan fingerprint density at radius 2 is 2.16 bits per heavy atom. The maximum absolute atomic E-state index is 14.6. The van der Waals surface area contributed by atoms with E-state index in [0.29, 0.717) is 18.7 Å². The monoisotopic (exact) mass is 441 g/mol. The second-order valence-electron chi connectivity index (χ2n) is 7.68. The number of likely N-dealkylation sites (N-methyl/N-ethyl adjacent to an activating group) is 1. The number of carbonyl (C=O) groups is 2. The van der Waals surface area contributed by atoms with Crippen LogP contribution < -0.4 is 5.32 Å². The van der Waals surface area contributed by atoms with Crippen LogP contribution in [-0.4, -0.2) is 70.9 Å². The molecule has 8 nitrogen and oxygen atoms in total. The number of hydrogen-bond acceptors (Lipinski definition) is 6. The van der Waals surface area contributed by atoms with Crippen molar-refractivity contribution in [2.24, 2.45) is 0 Å². The number of carboxylic acids is 1. The maximum atomic E-state index is 14.6. The molecule has 1 aromatic heterocycles. The molecule has 1 unspecified atom stereocenters. The third-order valence-corrected chi connectivity index (χ3v) is 5.08. The number of amides is 1. The summed E-state index contributed by atoms with van der Waals surface area (Å²) in [5, 5.41) is 23.0. The maximum Gasteiger partial charge on any atom is 0.356 e. The fourth-order valence-corrected chi connectivity index (χ4v) is 3.39. The SMILES string of the molecule is COCC(C)Nc1ccc(-c2cc(C#C[C@]3(O)CCN(C)C3=O)ccc2F)nc1C(=O)O. The van der Waals surface area contributed by atoms with Gasteiger partial charge in [-0.05, 0) is 37.3 Å². The molecule has 2 aromatic rings. The Kier molecular flexibility index (Phi) is 6.77. The summed E-state index contributed by atoms with van der Waals surface area (Å²) >= 11 is 0. The van der Waals surface area contributed by atoms with Crippen LogP contribution in [0, 0.1) is 17.7 Å². The van der Waals surface area contributed by atoms with Gasteiger partial charge in [0.25, 0.3) is 5.91 Å². The van der Waals surface area contributed by atoms with E-state index in [1.54, 1.807) is 7.05 Å². The van der Waals surface area contributed by atoms with Crippen molar-refractivity contribution in [1.82, 2.24) is 9.88 Å². The smallest absolute Gasteiger partial charge is 0.356 e. The highest BCUT2D eigenvalue weighted by atomic mass is 19.1. The number of carboxylic acid groups (broad SMARTS) is 1. The number of benzene rings is 1. The molecule has 0 spiro atoms. The first-order chi connectivity index (χ1) is 15.1. The number of rotatable bonds is 6. The summed E-state index contributed by atoms with van der Waals surface area (Å²) in [5.41, 5.74) is -1.22. The Balaban J connectivity index is 1.95. The molecule has 0 bridgehead atoms. The summed E-state index contributed by atoms with van der Waals surface area (Å²) < 4.78 is 19.6. The second-order valence-corrected chi connectivity index (χ2v) is 7.68. The van der Waals surface area contributed by atoms with Gasteiger partial charge in [-0.1, -0.05) is 11.8 Å². The highest BCUT2D eigenvalue weighted by Gasteiger charge is 2.42. The average Bonchev–Trinajstić information content (AvgIpc) is 3.01. The summed E-state index contributed by atoms with van der Waals surface area (Å²) in [6, 6.07) is 6.87. The lowest BCUT2D eigenvalue weighted by molar-refractivity contribution is -0.137. The van der Waals surface area contributed by atoms with E-state index >= 15 is 0 Å². The predicted octanol–water partition coefficient (Wildman–Crippen LogP) is 1.98. The molecule has 1 aliphatic heterocycles. The first-order valence-corrected chi connectivity index (χ1v) is 9.95. The molecule has 1 fully saturated rings. The molecule has 3 N–H and O–H groups in total. The minimum absolute atomic E-state index is 0.0534. The zero-order valence-corrected chi connectivity index (χ0v) is 18.0. The van der Waals surface area contributed by atoms with Gasteiger partial charge in [-0.15, -0.1) is 0 Å². The number of ether oxygens (including phenoxy) is 1. The number of aliphatic hydroxyl groups is 1. The number of halogens is 1. The van der Waals surface area contributed by atoms with E-state index in [4.69, 9.17) is 4.74 Å². The van der Waals surface area contributed by atoms with Crippen LogP contribution in [0.1, 0.15) is 29.4 Å². The third kappa shape index (κ3) is 4.88. The van der Waals surface area contributed by atoms with Crippen LogP contribution in [0.15, 0.2) is 30.3 Å². The van der Waals surface area contributed by atoms with Gasteiger partial charge < -0.3 is 25.2 Å². The summed E-state index contributed by atoms with van der Waals surface area (Å²) in [7, 11) is 3.12. The van der Waals surface area contributed by atoms with E-state index in [9.17, 15) is 24.2 Å². The van der Waals surface area contributed by atoms with Gasteiger partial charge in [0.1, 0.15) is 5.82 Å². The molecule has 2 atom stereocenters. The van der Waals surface area contributed by atoms with Crippen molar-refractivity contribution in [3.8, 4) is 23.1 Å². The van der Waals surface area contributed by atoms with Crippen LogP contribution in [0.25, 0.3) is 11.3 Å². The first-order valence-electron chi connectivity index (χ1n) is 9.95. The molecule has 168 valence electrons. The molecule has 0 radical (unpaired) electrons. The predicted molar refractivity (Wildman–Crippen MR) is 116 cm³/mol. The Hall–Kier alpha value is -3.48. The van der Waals surface area contributed by atoms with Crippen molar-refractivity contribution >= 4 is 17.6 Å². The number of aromatic carboxylic acids is 1. The summed E-state index contributed by atoms with van der Waals surface area (Å²) in [5.74, 6) is 2.95. The molecule has 1 aromatic carbocycles. The molecule has 0 saturated carbocycles. The van der Waals surface area contributed by atoms with E-state index in [2.05, 4.69) is 22.1 Å². The molecule has 1 saturated heterocycles. The Morgan fingerprint density at radius 1 is 1.41 bits per heavy atom. The Bertz CT molecular complexity index is 1110. The number of aromatic nitrogens is 1. The van der Waals surface area contributed by atoms with Crippen LogP contribution >= 0.6 is 0 Å². The van der Waals surface area contributed by atoms with Crippen molar-refractivity contribution in [1.29, 1.82) is 0 Å². The fraction of sp³-hybridized carbons (Fsp3) is 0.348. The van der Waals surface area contributed by atoms with E-state index in [0.717, 1.165) is 0 Å². The van der Waals surface area contributed by atoms with Gasteiger partial charge in [0.05, 0.1) is 18.0 Å².